The zero-order valence-electron chi connectivity index (χ0n) is 16.2. The molecule has 144 valence electrons. The molecule has 0 aliphatic rings. The van der Waals surface area contributed by atoms with Gasteiger partial charge in [0.1, 0.15) is 11.7 Å². The number of carbonyl (C=O) groups excluding carboxylic acids is 1. The maximum absolute atomic E-state index is 12.8. The fourth-order valence-electron chi connectivity index (χ4n) is 3.50. The molecule has 0 radical (unpaired) electrons. The minimum Gasteiger partial charge on any atom is -0.345 e. The number of benzene rings is 1. The van der Waals surface area contributed by atoms with Gasteiger partial charge in [0.25, 0.3) is 6.43 Å². The van der Waals surface area contributed by atoms with Gasteiger partial charge in [-0.05, 0) is 64.4 Å². The summed E-state index contributed by atoms with van der Waals surface area (Å²) < 4.78 is 29.3. The molecular formula is C20H24F2N4O. The lowest BCUT2D eigenvalue weighted by Crippen LogP contribution is -2.25. The van der Waals surface area contributed by atoms with E-state index in [9.17, 15) is 13.6 Å². The van der Waals surface area contributed by atoms with Crippen molar-refractivity contribution in [2.45, 2.75) is 53.6 Å². The van der Waals surface area contributed by atoms with Crippen molar-refractivity contribution in [2.24, 2.45) is 0 Å². The number of hydrogen-bond donors (Lipinski definition) is 1. The van der Waals surface area contributed by atoms with E-state index in [0.717, 1.165) is 17.4 Å². The van der Waals surface area contributed by atoms with Crippen LogP contribution in [0.15, 0.2) is 24.3 Å². The second-order valence-electron chi connectivity index (χ2n) is 6.81. The van der Waals surface area contributed by atoms with Gasteiger partial charge >= 0.3 is 0 Å². The Morgan fingerprint density at radius 1 is 1.22 bits per heavy atom. The second-order valence-corrected chi connectivity index (χ2v) is 6.81. The number of halogens is 2. The van der Waals surface area contributed by atoms with Crippen LogP contribution in [0.3, 0.4) is 0 Å². The zero-order chi connectivity index (χ0) is 19.9. The lowest BCUT2D eigenvalue weighted by molar-refractivity contribution is -0.119. The maximum Gasteiger partial charge on any atom is 0.282 e. The Balaban J connectivity index is 1.86. The Hall–Kier alpha value is -2.70. The number of amides is 1. The number of aromatic nitrogens is 3. The predicted octanol–water partition coefficient (Wildman–Crippen LogP) is 4.92. The average molecular weight is 374 g/mol. The smallest absolute Gasteiger partial charge is 0.282 e. The van der Waals surface area contributed by atoms with Gasteiger partial charge in [0.15, 0.2) is 0 Å². The molecule has 3 rings (SSSR count). The number of nitrogens with one attached hydrogen (secondary N) is 1. The number of carbonyl (C=O) groups is 1. The van der Waals surface area contributed by atoms with Crippen LogP contribution in [0.2, 0.25) is 0 Å². The summed E-state index contributed by atoms with van der Waals surface area (Å²) in [5.74, 6) is -0.300. The minimum absolute atomic E-state index is 0.300. The highest BCUT2D eigenvalue weighted by Gasteiger charge is 2.21. The normalized spacial score (nSPS) is 12.7. The van der Waals surface area contributed by atoms with Crippen molar-refractivity contribution < 1.29 is 13.6 Å². The highest BCUT2D eigenvalue weighted by Crippen LogP contribution is 2.28. The summed E-state index contributed by atoms with van der Waals surface area (Å²) in [6.45, 7) is 10.4. The van der Waals surface area contributed by atoms with Gasteiger partial charge in [-0.3, -0.25) is 9.48 Å². The van der Waals surface area contributed by atoms with Crippen LogP contribution in [0.5, 0.6) is 0 Å². The highest BCUT2D eigenvalue weighted by atomic mass is 19.3. The fourth-order valence-corrected chi connectivity index (χ4v) is 3.50. The molecule has 1 unspecified atom stereocenters. The largest absolute Gasteiger partial charge is 0.345 e. The molecule has 3 aromatic rings. The molecule has 5 nitrogen and oxygen atoms in total. The number of rotatable bonds is 5. The van der Waals surface area contributed by atoms with E-state index < -0.39 is 12.5 Å². The monoisotopic (exact) mass is 374 g/mol. The third-order valence-corrected chi connectivity index (χ3v) is 5.13. The van der Waals surface area contributed by atoms with Crippen molar-refractivity contribution in [1.29, 1.82) is 0 Å². The van der Waals surface area contributed by atoms with Crippen LogP contribution in [0.4, 0.5) is 14.5 Å². The minimum atomic E-state index is -2.66. The van der Waals surface area contributed by atoms with Gasteiger partial charge in [-0.15, -0.1) is 0 Å². The van der Waals surface area contributed by atoms with Gasteiger partial charge in [-0.1, -0.05) is 0 Å². The van der Waals surface area contributed by atoms with E-state index in [0.29, 0.717) is 11.4 Å². The summed E-state index contributed by atoms with van der Waals surface area (Å²) in [6.07, 6.45) is -2.66. The summed E-state index contributed by atoms with van der Waals surface area (Å²) >= 11 is 0. The van der Waals surface area contributed by atoms with Crippen molar-refractivity contribution in [3.63, 3.8) is 0 Å². The molecular weight excluding hydrogens is 350 g/mol. The molecule has 0 fully saturated rings. The van der Waals surface area contributed by atoms with Crippen LogP contribution in [0, 0.1) is 20.8 Å². The van der Waals surface area contributed by atoms with E-state index in [1.807, 2.05) is 18.2 Å². The number of aryl methyl sites for hydroxylation is 3. The third kappa shape index (κ3) is 3.34. The molecule has 0 saturated carbocycles. The molecule has 1 atom stereocenters. The summed E-state index contributed by atoms with van der Waals surface area (Å²) in [5, 5.41) is 7.83. The summed E-state index contributed by atoms with van der Waals surface area (Å²) in [4.78, 5) is 12.6. The first-order valence-corrected chi connectivity index (χ1v) is 8.99. The quantitative estimate of drug-likeness (QED) is 0.689. The number of anilines is 1. The number of fused-ring (bicyclic) bond motifs is 1. The SMILES string of the molecule is CCn1c(C)c(C)c2cc(NC(=O)C(C)n3nc(C(F)F)cc3C)ccc21. The molecule has 27 heavy (non-hydrogen) atoms. The average Bonchev–Trinajstić information content (AvgIpc) is 3.13. The molecule has 2 heterocycles. The van der Waals surface area contributed by atoms with Crippen LogP contribution < -0.4 is 5.32 Å². The van der Waals surface area contributed by atoms with Gasteiger partial charge < -0.3 is 9.88 Å². The Labute approximate surface area is 157 Å². The first-order valence-electron chi connectivity index (χ1n) is 8.99. The highest BCUT2D eigenvalue weighted by molar-refractivity contribution is 5.96. The molecule has 0 spiro atoms. The molecule has 0 aliphatic carbocycles. The predicted molar refractivity (Wildman–Crippen MR) is 102 cm³/mol. The van der Waals surface area contributed by atoms with Crippen LogP contribution in [0.25, 0.3) is 10.9 Å². The number of alkyl halides is 2. The molecule has 0 aliphatic heterocycles. The first kappa shape index (κ1) is 19.1. The first-order chi connectivity index (χ1) is 12.7. The van der Waals surface area contributed by atoms with E-state index in [4.69, 9.17) is 0 Å². The van der Waals surface area contributed by atoms with Crippen molar-refractivity contribution in [3.05, 3.63) is 46.9 Å². The Morgan fingerprint density at radius 2 is 1.93 bits per heavy atom. The Morgan fingerprint density at radius 3 is 2.52 bits per heavy atom. The van der Waals surface area contributed by atoms with E-state index in [1.54, 1.807) is 13.8 Å². The van der Waals surface area contributed by atoms with Crippen LogP contribution in [0.1, 0.15) is 49.0 Å². The van der Waals surface area contributed by atoms with E-state index >= 15 is 0 Å². The van der Waals surface area contributed by atoms with E-state index in [2.05, 4.69) is 35.8 Å². The molecule has 1 aromatic carbocycles. The van der Waals surface area contributed by atoms with Crippen molar-refractivity contribution in [1.82, 2.24) is 14.3 Å². The summed E-state index contributed by atoms with van der Waals surface area (Å²) in [5.41, 5.74) is 4.39. The Kier molecular flexibility index (Phi) is 5.04. The van der Waals surface area contributed by atoms with Gasteiger partial charge in [-0.2, -0.15) is 5.10 Å². The zero-order valence-corrected chi connectivity index (χ0v) is 16.2. The van der Waals surface area contributed by atoms with Gasteiger partial charge in [-0.25, -0.2) is 8.78 Å². The van der Waals surface area contributed by atoms with Crippen LogP contribution in [-0.2, 0) is 11.3 Å². The lowest BCUT2D eigenvalue weighted by atomic mass is 10.1. The van der Waals surface area contributed by atoms with Crippen molar-refractivity contribution in [2.75, 3.05) is 5.32 Å². The Bertz CT molecular complexity index is 1000. The van der Waals surface area contributed by atoms with E-state index in [1.165, 1.54) is 22.0 Å². The molecule has 1 N–H and O–H groups in total. The fraction of sp³-hybridized carbons (Fsp3) is 0.400. The molecule has 0 saturated heterocycles. The van der Waals surface area contributed by atoms with E-state index in [-0.39, 0.29) is 11.6 Å². The standard InChI is InChI=1S/C20H24F2N4O/c1-6-25-13(4)12(3)16-10-15(7-8-18(16)25)23-20(27)14(5)26-11(2)9-17(24-26)19(21)22/h7-10,14,19H,6H2,1-5H3,(H,23,27). The van der Waals surface area contributed by atoms with Crippen LogP contribution >= 0.6 is 0 Å². The molecule has 0 bridgehead atoms. The van der Waals surface area contributed by atoms with Crippen molar-refractivity contribution in [3.8, 4) is 0 Å². The van der Waals surface area contributed by atoms with Gasteiger partial charge in [0.05, 0.1) is 0 Å². The number of hydrogen-bond acceptors (Lipinski definition) is 2. The summed E-state index contributed by atoms with van der Waals surface area (Å²) in [7, 11) is 0. The van der Waals surface area contributed by atoms with Crippen molar-refractivity contribution >= 4 is 22.5 Å². The molecule has 2 aromatic heterocycles. The summed E-state index contributed by atoms with van der Waals surface area (Å²) in [6, 6.07) is 6.41. The topological polar surface area (TPSA) is 51.9 Å². The third-order valence-electron chi connectivity index (χ3n) is 5.13. The molecule has 7 heteroatoms. The lowest BCUT2D eigenvalue weighted by Gasteiger charge is -2.15. The van der Waals surface area contributed by atoms with Gasteiger partial charge in [0.2, 0.25) is 5.91 Å². The molecule has 1 amide bonds. The second kappa shape index (κ2) is 7.13. The number of nitrogens with zero attached hydrogens (tertiary/aromatic N) is 3. The maximum atomic E-state index is 12.8. The van der Waals surface area contributed by atoms with Crippen LogP contribution in [-0.4, -0.2) is 20.3 Å². The van der Waals surface area contributed by atoms with Gasteiger partial charge in [0, 0.05) is 34.5 Å².